The van der Waals surface area contributed by atoms with Crippen molar-refractivity contribution in [3.63, 3.8) is 0 Å². The molecular formula is C16H27NO4. The number of hydrogen-bond acceptors (Lipinski definition) is 3. The zero-order valence-corrected chi connectivity index (χ0v) is 12.8. The van der Waals surface area contributed by atoms with E-state index in [1.807, 2.05) is 0 Å². The summed E-state index contributed by atoms with van der Waals surface area (Å²) in [6, 6.07) is 0.194. The molecule has 2 aliphatic rings. The summed E-state index contributed by atoms with van der Waals surface area (Å²) in [5.74, 6) is -1.51. The molecule has 3 atom stereocenters. The van der Waals surface area contributed by atoms with Crippen LogP contribution in [0.1, 0.15) is 51.9 Å². The first-order chi connectivity index (χ1) is 10.1. The van der Waals surface area contributed by atoms with Gasteiger partial charge in [0.15, 0.2) is 0 Å². The van der Waals surface area contributed by atoms with Crippen LogP contribution in [0.3, 0.4) is 0 Å². The van der Waals surface area contributed by atoms with Crippen LogP contribution < -0.4 is 0 Å². The normalized spacial score (nSPS) is 29.7. The van der Waals surface area contributed by atoms with E-state index in [0.29, 0.717) is 25.3 Å². The molecule has 0 radical (unpaired) electrons. The number of hydrogen-bond donors (Lipinski definition) is 2. The first-order valence-corrected chi connectivity index (χ1v) is 8.22. The van der Waals surface area contributed by atoms with Crippen molar-refractivity contribution in [1.29, 1.82) is 0 Å². The van der Waals surface area contributed by atoms with Crippen molar-refractivity contribution >= 4 is 11.9 Å². The summed E-state index contributed by atoms with van der Waals surface area (Å²) in [5.41, 5.74) is 0. The number of carboxylic acids is 1. The Morgan fingerprint density at radius 1 is 1.14 bits per heavy atom. The molecule has 5 nitrogen and oxygen atoms in total. The zero-order chi connectivity index (χ0) is 15.4. The Morgan fingerprint density at radius 3 is 2.29 bits per heavy atom. The highest BCUT2D eigenvalue weighted by atomic mass is 16.4. The Balaban J connectivity index is 2.12. The van der Waals surface area contributed by atoms with Crippen LogP contribution in [0.15, 0.2) is 0 Å². The lowest BCUT2D eigenvalue weighted by Gasteiger charge is -2.32. The van der Waals surface area contributed by atoms with E-state index >= 15 is 0 Å². The molecular weight excluding hydrogens is 270 g/mol. The second kappa shape index (κ2) is 7.25. The van der Waals surface area contributed by atoms with Gasteiger partial charge >= 0.3 is 5.97 Å². The van der Waals surface area contributed by atoms with Crippen LogP contribution in [-0.2, 0) is 9.59 Å². The molecule has 0 bridgehead atoms. The lowest BCUT2D eigenvalue weighted by Crippen LogP contribution is -2.45. The molecule has 0 aromatic heterocycles. The van der Waals surface area contributed by atoms with E-state index in [1.54, 1.807) is 4.90 Å². The average molecular weight is 297 g/mol. The Hall–Kier alpha value is -1.10. The van der Waals surface area contributed by atoms with Crippen LogP contribution in [-0.4, -0.2) is 46.2 Å². The molecule has 2 saturated carbocycles. The average Bonchev–Trinajstić information content (AvgIpc) is 3.12. The molecule has 0 saturated heterocycles. The maximum atomic E-state index is 12.9. The molecule has 120 valence electrons. The maximum Gasteiger partial charge on any atom is 0.307 e. The highest BCUT2D eigenvalue weighted by molar-refractivity contribution is 5.85. The van der Waals surface area contributed by atoms with Crippen LogP contribution in [0.5, 0.6) is 0 Å². The minimum absolute atomic E-state index is 0.0423. The van der Waals surface area contributed by atoms with Crippen molar-refractivity contribution in [3.8, 4) is 0 Å². The van der Waals surface area contributed by atoms with Crippen molar-refractivity contribution in [3.05, 3.63) is 0 Å². The fourth-order valence-electron chi connectivity index (χ4n) is 4.03. The number of carbonyl (C=O) groups is 2. The van der Waals surface area contributed by atoms with Crippen LogP contribution in [0.4, 0.5) is 0 Å². The van der Waals surface area contributed by atoms with Gasteiger partial charge in [-0.25, -0.2) is 0 Å². The third-order valence-electron chi connectivity index (χ3n) is 5.26. The third-order valence-corrected chi connectivity index (χ3v) is 5.26. The molecule has 2 aliphatic carbocycles. The van der Waals surface area contributed by atoms with Gasteiger partial charge in [-0.3, -0.25) is 9.59 Å². The summed E-state index contributed by atoms with van der Waals surface area (Å²) >= 11 is 0. The van der Waals surface area contributed by atoms with Gasteiger partial charge in [0.05, 0.1) is 18.4 Å². The van der Waals surface area contributed by atoms with Gasteiger partial charge in [0.25, 0.3) is 0 Å². The number of aliphatic hydroxyl groups is 1. The molecule has 0 aliphatic heterocycles. The molecule has 2 N–H and O–H groups in total. The Bertz CT molecular complexity index is 378. The summed E-state index contributed by atoms with van der Waals surface area (Å²) in [4.78, 5) is 26.1. The number of aliphatic hydroxyl groups excluding tert-OH is 1. The first kappa shape index (κ1) is 16.3. The first-order valence-electron chi connectivity index (χ1n) is 8.22. The monoisotopic (exact) mass is 297 g/mol. The molecule has 3 unspecified atom stereocenters. The molecule has 0 heterocycles. The van der Waals surface area contributed by atoms with Crippen molar-refractivity contribution < 1.29 is 19.8 Å². The molecule has 2 fully saturated rings. The summed E-state index contributed by atoms with van der Waals surface area (Å²) in [5, 5.41) is 18.7. The van der Waals surface area contributed by atoms with Crippen LogP contribution in [0.2, 0.25) is 0 Å². The minimum Gasteiger partial charge on any atom is -0.481 e. The van der Waals surface area contributed by atoms with Gasteiger partial charge in [-0.05, 0) is 31.6 Å². The Labute approximate surface area is 126 Å². The molecule has 2 rings (SSSR count). The molecule has 21 heavy (non-hydrogen) atoms. The molecule has 5 heteroatoms. The number of amides is 1. The zero-order valence-electron chi connectivity index (χ0n) is 12.8. The number of carbonyl (C=O) groups excluding carboxylic acids is 1. The van der Waals surface area contributed by atoms with E-state index in [4.69, 9.17) is 0 Å². The highest BCUT2D eigenvalue weighted by Gasteiger charge is 2.44. The number of nitrogens with zero attached hydrogens (tertiary/aromatic N) is 1. The molecule has 0 spiro atoms. The van der Waals surface area contributed by atoms with Gasteiger partial charge in [0.1, 0.15) is 0 Å². The predicted octanol–water partition coefficient (Wildman–Crippen LogP) is 1.89. The smallest absolute Gasteiger partial charge is 0.307 e. The predicted molar refractivity (Wildman–Crippen MR) is 78.7 cm³/mol. The Kier molecular flexibility index (Phi) is 5.62. The molecule has 0 aromatic rings. The van der Waals surface area contributed by atoms with Crippen LogP contribution >= 0.6 is 0 Å². The van der Waals surface area contributed by atoms with Crippen LogP contribution in [0, 0.1) is 17.8 Å². The fourth-order valence-corrected chi connectivity index (χ4v) is 4.03. The topological polar surface area (TPSA) is 77.8 Å². The fraction of sp³-hybridized carbons (Fsp3) is 0.875. The SMILES string of the molecule is CCC1CC(C(=O)O)C(C(=O)N(CCO)C2CCCC2)C1. The number of aliphatic carboxylic acids is 1. The van der Waals surface area contributed by atoms with Gasteiger partial charge in [0, 0.05) is 12.6 Å². The van der Waals surface area contributed by atoms with Crippen LogP contribution in [0.25, 0.3) is 0 Å². The van der Waals surface area contributed by atoms with E-state index in [-0.39, 0.29) is 18.6 Å². The van der Waals surface area contributed by atoms with E-state index in [0.717, 1.165) is 32.1 Å². The standard InChI is InChI=1S/C16H27NO4/c1-2-11-9-13(14(10-11)16(20)21)15(19)17(7-8-18)12-5-3-4-6-12/h11-14,18H,2-10H2,1H3,(H,20,21). The molecule has 0 aromatic carbocycles. The number of carboxylic acid groups (broad SMARTS) is 1. The number of rotatable bonds is 6. The lowest BCUT2D eigenvalue weighted by atomic mass is 9.94. The van der Waals surface area contributed by atoms with Crippen molar-refractivity contribution in [1.82, 2.24) is 4.90 Å². The summed E-state index contributed by atoms with van der Waals surface area (Å²) in [6.07, 6.45) is 6.41. The van der Waals surface area contributed by atoms with E-state index in [2.05, 4.69) is 6.92 Å². The van der Waals surface area contributed by atoms with Gasteiger partial charge < -0.3 is 15.1 Å². The molecule has 1 amide bonds. The van der Waals surface area contributed by atoms with E-state index in [9.17, 15) is 19.8 Å². The van der Waals surface area contributed by atoms with Crippen molar-refractivity contribution in [2.24, 2.45) is 17.8 Å². The lowest BCUT2D eigenvalue weighted by molar-refractivity contribution is -0.150. The van der Waals surface area contributed by atoms with Gasteiger partial charge in [-0.1, -0.05) is 26.2 Å². The van der Waals surface area contributed by atoms with Gasteiger partial charge in [0.2, 0.25) is 5.91 Å². The second-order valence-electron chi connectivity index (χ2n) is 6.49. The highest BCUT2D eigenvalue weighted by Crippen LogP contribution is 2.40. The second-order valence-corrected chi connectivity index (χ2v) is 6.49. The van der Waals surface area contributed by atoms with E-state index < -0.39 is 17.8 Å². The largest absolute Gasteiger partial charge is 0.481 e. The van der Waals surface area contributed by atoms with Crippen molar-refractivity contribution in [2.45, 2.75) is 57.9 Å². The third kappa shape index (κ3) is 3.57. The quantitative estimate of drug-likeness (QED) is 0.785. The minimum atomic E-state index is -0.848. The summed E-state index contributed by atoms with van der Waals surface area (Å²) < 4.78 is 0. The van der Waals surface area contributed by atoms with Crippen molar-refractivity contribution in [2.75, 3.05) is 13.2 Å². The van der Waals surface area contributed by atoms with Gasteiger partial charge in [-0.15, -0.1) is 0 Å². The van der Waals surface area contributed by atoms with Gasteiger partial charge in [-0.2, -0.15) is 0 Å². The Morgan fingerprint density at radius 2 is 1.76 bits per heavy atom. The maximum absolute atomic E-state index is 12.9. The van der Waals surface area contributed by atoms with E-state index in [1.165, 1.54) is 0 Å². The summed E-state index contributed by atoms with van der Waals surface area (Å²) in [7, 11) is 0. The summed E-state index contributed by atoms with van der Waals surface area (Å²) in [6.45, 7) is 2.34.